The first kappa shape index (κ1) is 15.3. The van der Waals surface area contributed by atoms with Crippen molar-refractivity contribution in [3.63, 3.8) is 0 Å². The van der Waals surface area contributed by atoms with Crippen LogP contribution in [0, 0.1) is 0 Å². The van der Waals surface area contributed by atoms with Gasteiger partial charge in [-0.1, -0.05) is 58.0 Å². The first-order chi connectivity index (χ1) is 9.33. The second kappa shape index (κ2) is 8.36. The SMILES string of the molecule is CC.CCc1ccc(Oc2ccccc2)c(CC)c1. The number of hydrogen-bond acceptors (Lipinski definition) is 1. The molecule has 2 aromatic rings. The molecule has 0 amide bonds. The fraction of sp³-hybridized carbons (Fsp3) is 0.333. The zero-order valence-corrected chi connectivity index (χ0v) is 12.4. The quantitative estimate of drug-likeness (QED) is 0.688. The molecule has 102 valence electrons. The zero-order chi connectivity index (χ0) is 14.1. The third-order valence-electron chi connectivity index (χ3n) is 2.89. The van der Waals surface area contributed by atoms with E-state index in [0.717, 1.165) is 24.3 Å². The van der Waals surface area contributed by atoms with Crippen LogP contribution in [0.15, 0.2) is 48.5 Å². The number of para-hydroxylation sites is 1. The molecule has 2 rings (SSSR count). The molecule has 0 unspecified atom stereocenters. The highest BCUT2D eigenvalue weighted by atomic mass is 16.5. The van der Waals surface area contributed by atoms with Gasteiger partial charge < -0.3 is 4.74 Å². The molecule has 0 saturated heterocycles. The molecule has 0 atom stereocenters. The predicted molar refractivity (Wildman–Crippen MR) is 83.1 cm³/mol. The average Bonchev–Trinajstić information content (AvgIpc) is 2.50. The van der Waals surface area contributed by atoms with Crippen molar-refractivity contribution in [2.75, 3.05) is 0 Å². The molecule has 0 bridgehead atoms. The molecule has 0 aliphatic rings. The minimum Gasteiger partial charge on any atom is -0.457 e. The maximum atomic E-state index is 5.90. The summed E-state index contributed by atoms with van der Waals surface area (Å²) in [7, 11) is 0. The van der Waals surface area contributed by atoms with Crippen molar-refractivity contribution in [1.29, 1.82) is 0 Å². The Morgan fingerprint density at radius 1 is 0.842 bits per heavy atom. The third-order valence-corrected chi connectivity index (χ3v) is 2.89. The number of hydrogen-bond donors (Lipinski definition) is 0. The van der Waals surface area contributed by atoms with Crippen LogP contribution in [0.4, 0.5) is 0 Å². The molecular formula is C18H24O. The van der Waals surface area contributed by atoms with Crippen LogP contribution < -0.4 is 4.74 Å². The van der Waals surface area contributed by atoms with Crippen LogP contribution in [0.1, 0.15) is 38.8 Å². The van der Waals surface area contributed by atoms with Crippen molar-refractivity contribution in [1.82, 2.24) is 0 Å². The summed E-state index contributed by atoms with van der Waals surface area (Å²) in [5, 5.41) is 0. The summed E-state index contributed by atoms with van der Waals surface area (Å²) in [6, 6.07) is 16.4. The highest BCUT2D eigenvalue weighted by Gasteiger charge is 2.04. The van der Waals surface area contributed by atoms with E-state index in [0.29, 0.717) is 0 Å². The molecular weight excluding hydrogens is 232 g/mol. The first-order valence-corrected chi connectivity index (χ1v) is 7.18. The Bertz CT molecular complexity index is 474. The van der Waals surface area contributed by atoms with Gasteiger partial charge in [-0.15, -0.1) is 0 Å². The third kappa shape index (κ3) is 4.44. The average molecular weight is 256 g/mol. The van der Waals surface area contributed by atoms with Gasteiger partial charge in [0.05, 0.1) is 0 Å². The molecule has 19 heavy (non-hydrogen) atoms. The standard InChI is InChI=1S/C16H18O.C2H6/c1-3-13-10-11-16(14(4-2)12-13)17-15-8-6-5-7-9-15;1-2/h5-12H,3-4H2,1-2H3;1-2H3. The summed E-state index contributed by atoms with van der Waals surface area (Å²) >= 11 is 0. The Balaban J connectivity index is 0.000000861. The van der Waals surface area contributed by atoms with Gasteiger partial charge in [-0.2, -0.15) is 0 Å². The number of benzene rings is 2. The van der Waals surface area contributed by atoms with Gasteiger partial charge in [-0.3, -0.25) is 0 Å². The van der Waals surface area contributed by atoms with E-state index in [1.54, 1.807) is 0 Å². The molecule has 0 fully saturated rings. The van der Waals surface area contributed by atoms with Crippen LogP contribution in [0.3, 0.4) is 0 Å². The van der Waals surface area contributed by atoms with Crippen molar-refractivity contribution in [2.24, 2.45) is 0 Å². The van der Waals surface area contributed by atoms with Gasteiger partial charge in [0, 0.05) is 0 Å². The molecule has 0 heterocycles. The van der Waals surface area contributed by atoms with E-state index in [-0.39, 0.29) is 0 Å². The van der Waals surface area contributed by atoms with Crippen molar-refractivity contribution in [3.8, 4) is 11.5 Å². The van der Waals surface area contributed by atoms with Crippen LogP contribution in [0.5, 0.6) is 11.5 Å². The Kier molecular flexibility index (Phi) is 6.73. The smallest absolute Gasteiger partial charge is 0.130 e. The molecule has 0 N–H and O–H groups in total. The van der Waals surface area contributed by atoms with Crippen molar-refractivity contribution in [3.05, 3.63) is 59.7 Å². The topological polar surface area (TPSA) is 9.23 Å². The van der Waals surface area contributed by atoms with E-state index in [1.165, 1.54) is 11.1 Å². The lowest BCUT2D eigenvalue weighted by Crippen LogP contribution is -1.92. The summed E-state index contributed by atoms with van der Waals surface area (Å²) in [5.74, 6) is 1.86. The lowest BCUT2D eigenvalue weighted by molar-refractivity contribution is 0.476. The van der Waals surface area contributed by atoms with Crippen LogP contribution >= 0.6 is 0 Å². The highest BCUT2D eigenvalue weighted by Crippen LogP contribution is 2.26. The molecule has 0 spiro atoms. The van der Waals surface area contributed by atoms with E-state index in [9.17, 15) is 0 Å². The number of rotatable bonds is 4. The maximum Gasteiger partial charge on any atom is 0.130 e. The molecule has 2 aromatic carbocycles. The Hall–Kier alpha value is -1.76. The van der Waals surface area contributed by atoms with Crippen molar-refractivity contribution in [2.45, 2.75) is 40.5 Å². The second-order valence-corrected chi connectivity index (χ2v) is 4.06. The van der Waals surface area contributed by atoms with E-state index in [1.807, 2.05) is 44.2 Å². The second-order valence-electron chi connectivity index (χ2n) is 4.06. The first-order valence-electron chi connectivity index (χ1n) is 7.18. The minimum atomic E-state index is 0.895. The maximum absolute atomic E-state index is 5.90. The summed E-state index contributed by atoms with van der Waals surface area (Å²) < 4.78 is 5.90. The van der Waals surface area contributed by atoms with Crippen LogP contribution in [-0.4, -0.2) is 0 Å². The Morgan fingerprint density at radius 2 is 1.53 bits per heavy atom. The number of ether oxygens (including phenoxy) is 1. The van der Waals surface area contributed by atoms with Gasteiger partial charge in [-0.05, 0) is 42.2 Å². The van der Waals surface area contributed by atoms with E-state index in [4.69, 9.17) is 4.74 Å². The number of aryl methyl sites for hydroxylation is 2. The minimum absolute atomic E-state index is 0.895. The fourth-order valence-electron chi connectivity index (χ4n) is 1.84. The van der Waals surface area contributed by atoms with E-state index < -0.39 is 0 Å². The summed E-state index contributed by atoms with van der Waals surface area (Å²) in [4.78, 5) is 0. The molecule has 0 saturated carbocycles. The molecule has 0 aromatic heterocycles. The van der Waals surface area contributed by atoms with Crippen molar-refractivity contribution >= 4 is 0 Å². The van der Waals surface area contributed by atoms with E-state index >= 15 is 0 Å². The summed E-state index contributed by atoms with van der Waals surface area (Å²) in [6.45, 7) is 8.33. The molecule has 0 radical (unpaired) electrons. The van der Waals surface area contributed by atoms with Gasteiger partial charge >= 0.3 is 0 Å². The Morgan fingerprint density at radius 3 is 2.11 bits per heavy atom. The van der Waals surface area contributed by atoms with Gasteiger partial charge in [0.25, 0.3) is 0 Å². The Labute approximate surface area is 117 Å². The monoisotopic (exact) mass is 256 g/mol. The van der Waals surface area contributed by atoms with Gasteiger partial charge in [-0.25, -0.2) is 0 Å². The molecule has 0 aliphatic carbocycles. The predicted octanol–water partition coefficient (Wildman–Crippen LogP) is 5.63. The lowest BCUT2D eigenvalue weighted by Gasteiger charge is -2.11. The molecule has 0 aliphatic heterocycles. The van der Waals surface area contributed by atoms with Crippen molar-refractivity contribution < 1.29 is 4.74 Å². The summed E-state index contributed by atoms with van der Waals surface area (Å²) in [5.41, 5.74) is 2.63. The molecule has 1 heteroatoms. The lowest BCUT2D eigenvalue weighted by atomic mass is 10.1. The van der Waals surface area contributed by atoms with Gasteiger partial charge in [0.2, 0.25) is 0 Å². The van der Waals surface area contributed by atoms with Crippen LogP contribution in [-0.2, 0) is 12.8 Å². The van der Waals surface area contributed by atoms with Gasteiger partial charge in [0.1, 0.15) is 11.5 Å². The summed E-state index contributed by atoms with van der Waals surface area (Å²) in [6.07, 6.45) is 2.06. The largest absolute Gasteiger partial charge is 0.457 e. The molecule has 1 nitrogen and oxygen atoms in total. The fourth-order valence-corrected chi connectivity index (χ4v) is 1.84. The normalized spacial score (nSPS) is 9.47. The van der Waals surface area contributed by atoms with Crippen LogP contribution in [0.2, 0.25) is 0 Å². The zero-order valence-electron chi connectivity index (χ0n) is 12.4. The van der Waals surface area contributed by atoms with E-state index in [2.05, 4.69) is 32.0 Å². The van der Waals surface area contributed by atoms with Gasteiger partial charge in [0.15, 0.2) is 0 Å². The van der Waals surface area contributed by atoms with Crippen LogP contribution in [0.25, 0.3) is 0 Å². The highest BCUT2D eigenvalue weighted by molar-refractivity contribution is 5.40.